The molecule has 0 aliphatic rings. The highest BCUT2D eigenvalue weighted by Crippen LogP contribution is 2.06. The first-order chi connectivity index (χ1) is 6.11. The molecule has 0 radical (unpaired) electrons. The molecule has 0 amide bonds. The van der Waals surface area contributed by atoms with Gasteiger partial charge in [-0.25, -0.2) is 4.79 Å². The van der Waals surface area contributed by atoms with Crippen molar-refractivity contribution in [2.45, 2.75) is 26.7 Å². The van der Waals surface area contributed by atoms with Gasteiger partial charge in [0.15, 0.2) is 6.61 Å². The van der Waals surface area contributed by atoms with Crippen molar-refractivity contribution in [1.82, 2.24) is 0 Å². The van der Waals surface area contributed by atoms with E-state index in [2.05, 4.69) is 4.74 Å². The molecule has 4 heteroatoms. The summed E-state index contributed by atoms with van der Waals surface area (Å²) in [5, 5.41) is 0. The van der Waals surface area contributed by atoms with Gasteiger partial charge in [-0.3, -0.25) is 4.79 Å². The molecule has 0 saturated carbocycles. The van der Waals surface area contributed by atoms with Crippen LogP contribution in [0.2, 0.25) is 0 Å². The molecule has 0 aromatic carbocycles. The van der Waals surface area contributed by atoms with Gasteiger partial charge in [0.05, 0.1) is 13.0 Å². The first-order valence-corrected chi connectivity index (χ1v) is 4.35. The molecule has 0 fully saturated rings. The van der Waals surface area contributed by atoms with E-state index in [1.165, 1.54) is 7.11 Å². The highest BCUT2D eigenvalue weighted by molar-refractivity contribution is 5.77. The third kappa shape index (κ3) is 5.22. The molecule has 0 rings (SSSR count). The van der Waals surface area contributed by atoms with Crippen molar-refractivity contribution in [3.63, 3.8) is 0 Å². The van der Waals surface area contributed by atoms with Crippen molar-refractivity contribution in [3.05, 3.63) is 0 Å². The van der Waals surface area contributed by atoms with E-state index in [0.717, 1.165) is 12.8 Å². The van der Waals surface area contributed by atoms with Crippen molar-refractivity contribution >= 4 is 11.9 Å². The van der Waals surface area contributed by atoms with E-state index in [1.807, 2.05) is 6.92 Å². The van der Waals surface area contributed by atoms with Gasteiger partial charge in [0.1, 0.15) is 0 Å². The summed E-state index contributed by atoms with van der Waals surface area (Å²) in [6, 6.07) is 0. The lowest BCUT2D eigenvalue weighted by Crippen LogP contribution is -2.19. The number of ether oxygens (including phenoxy) is 2. The third-order valence-electron chi connectivity index (χ3n) is 1.68. The van der Waals surface area contributed by atoms with E-state index >= 15 is 0 Å². The SMILES string of the molecule is CCCC(C)C(=O)OCC(=O)OC. The molecule has 0 aromatic heterocycles. The van der Waals surface area contributed by atoms with Crippen molar-refractivity contribution < 1.29 is 19.1 Å². The maximum atomic E-state index is 11.1. The topological polar surface area (TPSA) is 52.6 Å². The Morgan fingerprint density at radius 3 is 2.46 bits per heavy atom. The molecule has 0 saturated heterocycles. The maximum Gasteiger partial charge on any atom is 0.344 e. The minimum Gasteiger partial charge on any atom is -0.466 e. The van der Waals surface area contributed by atoms with Gasteiger partial charge in [0.2, 0.25) is 0 Å². The van der Waals surface area contributed by atoms with Crippen LogP contribution in [0.25, 0.3) is 0 Å². The van der Waals surface area contributed by atoms with Crippen LogP contribution in [-0.4, -0.2) is 25.7 Å². The second-order valence-corrected chi connectivity index (χ2v) is 2.87. The van der Waals surface area contributed by atoms with Crippen LogP contribution in [0.4, 0.5) is 0 Å². The lowest BCUT2D eigenvalue weighted by molar-refractivity contribution is -0.159. The molecular formula is C9H16O4. The molecule has 0 bridgehead atoms. The minimum atomic E-state index is -0.531. The minimum absolute atomic E-state index is 0.144. The fraction of sp³-hybridized carbons (Fsp3) is 0.778. The summed E-state index contributed by atoms with van der Waals surface area (Å²) in [4.78, 5) is 21.7. The molecule has 13 heavy (non-hydrogen) atoms. The second-order valence-electron chi connectivity index (χ2n) is 2.87. The van der Waals surface area contributed by atoms with Gasteiger partial charge in [0.25, 0.3) is 0 Å². The van der Waals surface area contributed by atoms with Crippen molar-refractivity contribution in [3.8, 4) is 0 Å². The zero-order valence-electron chi connectivity index (χ0n) is 8.33. The molecule has 0 aliphatic carbocycles. The number of carbonyl (C=O) groups is 2. The summed E-state index contributed by atoms with van der Waals surface area (Å²) in [5.74, 6) is -1.01. The predicted molar refractivity (Wildman–Crippen MR) is 47.0 cm³/mol. The first-order valence-electron chi connectivity index (χ1n) is 4.35. The van der Waals surface area contributed by atoms with Crippen LogP contribution in [0.3, 0.4) is 0 Å². The van der Waals surface area contributed by atoms with Crippen molar-refractivity contribution in [2.24, 2.45) is 5.92 Å². The molecule has 0 aliphatic heterocycles. The lowest BCUT2D eigenvalue weighted by atomic mass is 10.1. The Morgan fingerprint density at radius 1 is 1.38 bits per heavy atom. The molecular weight excluding hydrogens is 172 g/mol. The maximum absolute atomic E-state index is 11.1. The summed E-state index contributed by atoms with van der Waals surface area (Å²) < 4.78 is 9.02. The number of hydrogen-bond acceptors (Lipinski definition) is 4. The van der Waals surface area contributed by atoms with Gasteiger partial charge in [-0.2, -0.15) is 0 Å². The fourth-order valence-corrected chi connectivity index (χ4v) is 0.882. The molecule has 0 spiro atoms. The average Bonchev–Trinajstić information content (AvgIpc) is 2.13. The molecule has 0 heterocycles. The summed E-state index contributed by atoms with van der Waals surface area (Å²) >= 11 is 0. The first kappa shape index (κ1) is 11.9. The Bertz CT molecular complexity index is 176. The Kier molecular flexibility index (Phi) is 5.93. The molecule has 76 valence electrons. The molecule has 1 unspecified atom stereocenters. The van der Waals surface area contributed by atoms with Crippen LogP contribution >= 0.6 is 0 Å². The van der Waals surface area contributed by atoms with Gasteiger partial charge >= 0.3 is 11.9 Å². The van der Waals surface area contributed by atoms with Crippen LogP contribution < -0.4 is 0 Å². The second kappa shape index (κ2) is 6.46. The molecule has 4 nitrogen and oxygen atoms in total. The Hall–Kier alpha value is -1.06. The molecule has 1 atom stereocenters. The average molecular weight is 188 g/mol. The van der Waals surface area contributed by atoms with Crippen LogP contribution in [0, 0.1) is 5.92 Å². The quantitative estimate of drug-likeness (QED) is 0.607. The van der Waals surface area contributed by atoms with E-state index < -0.39 is 5.97 Å². The number of hydrogen-bond donors (Lipinski definition) is 0. The highest BCUT2D eigenvalue weighted by atomic mass is 16.6. The van der Waals surface area contributed by atoms with Crippen LogP contribution in [-0.2, 0) is 19.1 Å². The molecule has 0 N–H and O–H groups in total. The van der Waals surface area contributed by atoms with E-state index in [4.69, 9.17) is 4.74 Å². The smallest absolute Gasteiger partial charge is 0.344 e. The standard InChI is InChI=1S/C9H16O4/c1-4-5-7(2)9(11)13-6-8(10)12-3/h7H,4-6H2,1-3H3. The van der Waals surface area contributed by atoms with Gasteiger partial charge in [-0.15, -0.1) is 0 Å². The van der Waals surface area contributed by atoms with E-state index in [-0.39, 0.29) is 18.5 Å². The van der Waals surface area contributed by atoms with E-state index in [9.17, 15) is 9.59 Å². The van der Waals surface area contributed by atoms with Gasteiger partial charge in [-0.05, 0) is 6.42 Å². The predicted octanol–water partition coefficient (Wildman–Crippen LogP) is 1.14. The fourth-order valence-electron chi connectivity index (χ4n) is 0.882. The summed E-state index contributed by atoms with van der Waals surface area (Å²) in [5.41, 5.74) is 0. The Balaban J connectivity index is 3.67. The molecule has 0 aromatic rings. The van der Waals surface area contributed by atoms with Crippen LogP contribution in [0.1, 0.15) is 26.7 Å². The highest BCUT2D eigenvalue weighted by Gasteiger charge is 2.14. The van der Waals surface area contributed by atoms with E-state index in [0.29, 0.717) is 0 Å². The van der Waals surface area contributed by atoms with E-state index in [1.54, 1.807) is 6.92 Å². The number of methoxy groups -OCH3 is 1. The van der Waals surface area contributed by atoms with Gasteiger partial charge < -0.3 is 9.47 Å². The van der Waals surface area contributed by atoms with Gasteiger partial charge in [-0.1, -0.05) is 20.3 Å². The number of esters is 2. The summed E-state index contributed by atoms with van der Waals surface area (Å²) in [6.45, 7) is 3.48. The van der Waals surface area contributed by atoms with Crippen LogP contribution in [0.15, 0.2) is 0 Å². The van der Waals surface area contributed by atoms with Crippen molar-refractivity contribution in [2.75, 3.05) is 13.7 Å². The Morgan fingerprint density at radius 2 is 2.00 bits per heavy atom. The summed E-state index contributed by atoms with van der Waals surface area (Å²) in [6.07, 6.45) is 1.70. The summed E-state index contributed by atoms with van der Waals surface area (Å²) in [7, 11) is 1.26. The lowest BCUT2D eigenvalue weighted by Gasteiger charge is -2.08. The van der Waals surface area contributed by atoms with Crippen molar-refractivity contribution in [1.29, 1.82) is 0 Å². The normalized spacial score (nSPS) is 11.9. The Labute approximate surface area is 78.2 Å². The van der Waals surface area contributed by atoms with Gasteiger partial charge in [0, 0.05) is 0 Å². The van der Waals surface area contributed by atoms with Crippen LogP contribution in [0.5, 0.6) is 0 Å². The number of rotatable bonds is 5. The largest absolute Gasteiger partial charge is 0.466 e. The third-order valence-corrected chi connectivity index (χ3v) is 1.68. The zero-order valence-corrected chi connectivity index (χ0v) is 8.33. The number of carbonyl (C=O) groups excluding carboxylic acids is 2. The monoisotopic (exact) mass is 188 g/mol. The zero-order chi connectivity index (χ0) is 10.3.